The fourth-order valence-electron chi connectivity index (χ4n) is 4.05. The molecule has 2 aliphatic heterocycles. The van der Waals surface area contributed by atoms with Gasteiger partial charge in [0.15, 0.2) is 0 Å². The van der Waals surface area contributed by atoms with Crippen molar-refractivity contribution in [1.82, 2.24) is 0 Å². The van der Waals surface area contributed by atoms with Crippen LogP contribution in [0.2, 0.25) is 5.02 Å². The number of rotatable bonds is 3. The van der Waals surface area contributed by atoms with Crippen molar-refractivity contribution < 1.29 is 9.69 Å². The second-order valence-corrected chi connectivity index (χ2v) is 7.41. The zero-order valence-corrected chi connectivity index (χ0v) is 15.0. The van der Waals surface area contributed by atoms with Gasteiger partial charge in [-0.25, -0.2) is 0 Å². The minimum absolute atomic E-state index is 0.00747. The number of likely N-dealkylation sites (N-methyl/N-ethyl adjacent to an activating group) is 1. The van der Waals surface area contributed by atoms with E-state index in [4.69, 9.17) is 11.6 Å². The van der Waals surface area contributed by atoms with Crippen LogP contribution >= 0.6 is 11.6 Å². The number of carbonyl (C=O) groups excluding carboxylic acids is 1. The average molecular weight is 354 g/mol. The lowest BCUT2D eigenvalue weighted by molar-refractivity contribution is -0.911. The fraction of sp³-hybridized carbons (Fsp3) is 0.286. The van der Waals surface area contributed by atoms with Gasteiger partial charge in [0, 0.05) is 41.2 Å². The van der Waals surface area contributed by atoms with E-state index in [9.17, 15) is 4.79 Å². The third kappa shape index (κ3) is 3.10. The predicted molar refractivity (Wildman–Crippen MR) is 101 cm³/mol. The predicted octanol–water partition coefficient (Wildman–Crippen LogP) is 3.32. The summed E-state index contributed by atoms with van der Waals surface area (Å²) in [7, 11) is 2.27. The molecule has 2 aliphatic rings. The first-order chi connectivity index (χ1) is 12.1. The molecule has 3 nitrogen and oxygen atoms in total. The van der Waals surface area contributed by atoms with Gasteiger partial charge in [-0.15, -0.1) is 0 Å². The Balaban J connectivity index is 1.74. The maximum absolute atomic E-state index is 13.3. The molecular weight excluding hydrogens is 332 g/mol. The lowest BCUT2D eigenvalue weighted by Gasteiger charge is -2.33. The van der Waals surface area contributed by atoms with Crippen LogP contribution in [0.3, 0.4) is 0 Å². The number of hydrogen-bond acceptors (Lipinski definition) is 1. The molecule has 0 aromatic heterocycles. The van der Waals surface area contributed by atoms with E-state index >= 15 is 0 Å². The molecule has 1 fully saturated rings. The molecule has 4 heteroatoms. The number of fused-ring (bicyclic) bond motifs is 2. The van der Waals surface area contributed by atoms with Gasteiger partial charge in [-0.3, -0.25) is 9.69 Å². The van der Waals surface area contributed by atoms with Crippen molar-refractivity contribution >= 4 is 23.2 Å². The summed E-state index contributed by atoms with van der Waals surface area (Å²) in [6.45, 7) is 0. The summed E-state index contributed by atoms with van der Waals surface area (Å²) >= 11 is 5.99. The molecule has 4 rings (SSSR count). The molecule has 25 heavy (non-hydrogen) atoms. The van der Waals surface area contributed by atoms with Gasteiger partial charge >= 0.3 is 0 Å². The van der Waals surface area contributed by atoms with Crippen LogP contribution in [0, 0.1) is 0 Å². The molecule has 1 saturated heterocycles. The normalized spacial score (nSPS) is 24.7. The van der Waals surface area contributed by atoms with Crippen molar-refractivity contribution in [2.75, 3.05) is 11.9 Å². The van der Waals surface area contributed by atoms with Crippen LogP contribution in [0.5, 0.6) is 0 Å². The fourth-order valence-corrected chi connectivity index (χ4v) is 4.17. The summed E-state index contributed by atoms with van der Waals surface area (Å²) in [5, 5.41) is 0.642. The standard InChI is InChI=1S/C21H21ClN2O/c1-23-18-11-12-19(23)14-20(13-18)24(17-5-3-2-4-6-17)21(25)15-7-9-16(22)10-8-15/h2-10,13,18-19H,11-12,14H2,1H3/p+1/t18-,19+/m1/s1. The number of nitrogens with one attached hydrogen (secondary N) is 1. The number of carbonyl (C=O) groups is 1. The highest BCUT2D eigenvalue weighted by Crippen LogP contribution is 2.30. The highest BCUT2D eigenvalue weighted by molar-refractivity contribution is 6.30. The summed E-state index contributed by atoms with van der Waals surface area (Å²) in [5.74, 6) is 0.00747. The minimum Gasteiger partial charge on any atom is -0.329 e. The van der Waals surface area contributed by atoms with Gasteiger partial charge in [-0.1, -0.05) is 29.8 Å². The Morgan fingerprint density at radius 2 is 1.80 bits per heavy atom. The summed E-state index contributed by atoms with van der Waals surface area (Å²) in [6.07, 6.45) is 5.68. The van der Waals surface area contributed by atoms with E-state index in [1.54, 1.807) is 29.2 Å². The second-order valence-electron chi connectivity index (χ2n) is 6.97. The number of anilines is 1. The number of hydrogen-bond donors (Lipinski definition) is 1. The molecular formula is C21H22ClN2O+. The van der Waals surface area contributed by atoms with E-state index in [1.807, 2.05) is 35.2 Å². The molecule has 0 radical (unpaired) electrons. The summed E-state index contributed by atoms with van der Waals surface area (Å²) < 4.78 is 0. The lowest BCUT2D eigenvalue weighted by atomic mass is 10.0. The molecule has 2 heterocycles. The Kier molecular flexibility index (Phi) is 4.36. The maximum Gasteiger partial charge on any atom is 0.262 e. The third-order valence-electron chi connectivity index (χ3n) is 5.50. The van der Waals surface area contributed by atoms with Gasteiger partial charge in [0.2, 0.25) is 0 Å². The first-order valence-corrected chi connectivity index (χ1v) is 9.20. The molecule has 0 saturated carbocycles. The van der Waals surface area contributed by atoms with Crippen LogP contribution in [-0.4, -0.2) is 25.0 Å². The van der Waals surface area contributed by atoms with E-state index in [-0.39, 0.29) is 5.91 Å². The SMILES string of the molecule is C[NH+]1[C@H]2CC[C@@H]1C=C(N(C(=O)c1ccc(Cl)cc1)c1ccccc1)C2. The number of nitrogens with zero attached hydrogens (tertiary/aromatic N) is 1. The molecule has 1 unspecified atom stereocenters. The van der Waals surface area contributed by atoms with E-state index in [2.05, 4.69) is 13.1 Å². The molecule has 2 bridgehead atoms. The first-order valence-electron chi connectivity index (χ1n) is 8.82. The Hall–Kier alpha value is -2.10. The molecule has 0 aliphatic carbocycles. The second kappa shape index (κ2) is 6.66. The highest BCUT2D eigenvalue weighted by Gasteiger charge is 2.40. The molecule has 2 aromatic rings. The first kappa shape index (κ1) is 16.4. The molecule has 2 aromatic carbocycles. The van der Waals surface area contributed by atoms with Crippen LogP contribution < -0.4 is 9.80 Å². The van der Waals surface area contributed by atoms with Crippen LogP contribution in [0.25, 0.3) is 0 Å². The van der Waals surface area contributed by atoms with Gasteiger partial charge in [-0.2, -0.15) is 0 Å². The lowest BCUT2D eigenvalue weighted by Crippen LogP contribution is -3.14. The average Bonchev–Trinajstić information content (AvgIpc) is 2.84. The van der Waals surface area contributed by atoms with Crippen molar-refractivity contribution in [1.29, 1.82) is 0 Å². The van der Waals surface area contributed by atoms with Gasteiger partial charge in [0.1, 0.15) is 6.04 Å². The van der Waals surface area contributed by atoms with Crippen LogP contribution in [0.15, 0.2) is 66.4 Å². The largest absolute Gasteiger partial charge is 0.329 e. The zero-order valence-electron chi connectivity index (χ0n) is 14.3. The third-order valence-corrected chi connectivity index (χ3v) is 5.75. The minimum atomic E-state index is 0.00747. The molecule has 1 amide bonds. The van der Waals surface area contributed by atoms with E-state index < -0.39 is 0 Å². The Morgan fingerprint density at radius 1 is 1.08 bits per heavy atom. The number of benzene rings is 2. The summed E-state index contributed by atoms with van der Waals surface area (Å²) in [5.41, 5.74) is 2.71. The smallest absolute Gasteiger partial charge is 0.262 e. The number of para-hydroxylation sites is 1. The number of quaternary nitrogens is 1. The monoisotopic (exact) mass is 353 g/mol. The zero-order chi connectivity index (χ0) is 17.4. The molecule has 0 spiro atoms. The maximum atomic E-state index is 13.3. The Morgan fingerprint density at radius 3 is 2.48 bits per heavy atom. The topological polar surface area (TPSA) is 24.8 Å². The van der Waals surface area contributed by atoms with Gasteiger partial charge in [0.05, 0.1) is 13.1 Å². The van der Waals surface area contributed by atoms with Crippen molar-refractivity contribution in [3.05, 3.63) is 77.0 Å². The van der Waals surface area contributed by atoms with Crippen molar-refractivity contribution in [2.24, 2.45) is 0 Å². The number of halogens is 1. The highest BCUT2D eigenvalue weighted by atomic mass is 35.5. The quantitative estimate of drug-likeness (QED) is 0.899. The molecule has 1 N–H and O–H groups in total. The van der Waals surface area contributed by atoms with Gasteiger partial charge in [0.25, 0.3) is 5.91 Å². The van der Waals surface area contributed by atoms with E-state index in [0.717, 1.165) is 17.8 Å². The van der Waals surface area contributed by atoms with Crippen molar-refractivity contribution in [3.8, 4) is 0 Å². The van der Waals surface area contributed by atoms with Gasteiger partial charge in [-0.05, 0) is 42.5 Å². The van der Waals surface area contributed by atoms with E-state index in [1.165, 1.54) is 12.8 Å². The molecule has 128 valence electrons. The number of amides is 1. The van der Waals surface area contributed by atoms with Crippen molar-refractivity contribution in [3.63, 3.8) is 0 Å². The van der Waals surface area contributed by atoms with Crippen LogP contribution in [0.1, 0.15) is 29.6 Å². The Bertz CT molecular complexity index is 800. The van der Waals surface area contributed by atoms with Gasteiger partial charge < -0.3 is 4.90 Å². The van der Waals surface area contributed by atoms with E-state index in [0.29, 0.717) is 22.7 Å². The summed E-state index contributed by atoms with van der Waals surface area (Å²) in [4.78, 5) is 16.8. The van der Waals surface area contributed by atoms with Crippen molar-refractivity contribution in [2.45, 2.75) is 31.3 Å². The summed E-state index contributed by atoms with van der Waals surface area (Å²) in [6, 6.07) is 18.2. The van der Waals surface area contributed by atoms with Crippen LogP contribution in [-0.2, 0) is 0 Å². The molecule has 3 atom stereocenters. The Labute approximate surface area is 153 Å². The van der Waals surface area contributed by atoms with Crippen LogP contribution in [0.4, 0.5) is 5.69 Å².